The van der Waals surface area contributed by atoms with Crippen LogP contribution in [0.4, 0.5) is 11.8 Å². The highest BCUT2D eigenvalue weighted by molar-refractivity contribution is 5.60. The molecule has 6 heteroatoms. The lowest BCUT2D eigenvalue weighted by Gasteiger charge is -2.35. The van der Waals surface area contributed by atoms with Gasteiger partial charge in [0, 0.05) is 44.1 Å². The average molecular weight is 332 g/mol. The van der Waals surface area contributed by atoms with Gasteiger partial charge < -0.3 is 9.80 Å². The molecule has 0 atom stereocenters. The minimum Gasteiger partial charge on any atom is -0.352 e. The van der Waals surface area contributed by atoms with E-state index in [1.807, 2.05) is 37.4 Å². The number of nitrogens with zero attached hydrogens (tertiary/aromatic N) is 6. The van der Waals surface area contributed by atoms with Gasteiger partial charge in [0.25, 0.3) is 0 Å². The van der Waals surface area contributed by atoms with E-state index in [2.05, 4.69) is 36.9 Å². The van der Waals surface area contributed by atoms with E-state index in [9.17, 15) is 0 Å². The third-order valence-corrected chi connectivity index (χ3v) is 4.40. The van der Waals surface area contributed by atoms with Crippen LogP contribution in [0.5, 0.6) is 0 Å². The molecule has 25 heavy (non-hydrogen) atoms. The average Bonchev–Trinajstić information content (AvgIpc) is 2.69. The maximum absolute atomic E-state index is 4.75. The SMILES string of the molecule is Cc1nc(-c2ccccc2)cnc1N1CCN(c2ncccn2)CC1. The van der Waals surface area contributed by atoms with Crippen LogP contribution in [0.25, 0.3) is 11.3 Å². The molecule has 1 aliphatic rings. The van der Waals surface area contributed by atoms with Crippen molar-refractivity contribution in [3.63, 3.8) is 0 Å². The minimum atomic E-state index is 0.796. The standard InChI is InChI=1S/C19H20N6/c1-15-18(22-14-17(23-15)16-6-3-2-4-7-16)24-10-12-25(13-11-24)19-20-8-5-9-21-19/h2-9,14H,10-13H2,1H3. The van der Waals surface area contributed by atoms with Crippen LogP contribution in [0.1, 0.15) is 5.69 Å². The van der Waals surface area contributed by atoms with E-state index in [1.54, 1.807) is 12.4 Å². The fraction of sp³-hybridized carbons (Fsp3) is 0.263. The Morgan fingerprint density at radius 3 is 2.16 bits per heavy atom. The zero-order chi connectivity index (χ0) is 17.1. The summed E-state index contributed by atoms with van der Waals surface area (Å²) in [5, 5.41) is 0. The predicted octanol–water partition coefficient (Wildman–Crippen LogP) is 2.57. The van der Waals surface area contributed by atoms with E-state index < -0.39 is 0 Å². The summed E-state index contributed by atoms with van der Waals surface area (Å²) < 4.78 is 0. The molecule has 2 aromatic heterocycles. The number of aromatic nitrogens is 4. The van der Waals surface area contributed by atoms with Crippen LogP contribution in [0.15, 0.2) is 55.0 Å². The van der Waals surface area contributed by atoms with Crippen LogP contribution in [-0.4, -0.2) is 46.1 Å². The van der Waals surface area contributed by atoms with Crippen molar-refractivity contribution in [1.29, 1.82) is 0 Å². The second-order valence-corrected chi connectivity index (χ2v) is 6.05. The van der Waals surface area contributed by atoms with Gasteiger partial charge in [0.05, 0.1) is 17.6 Å². The maximum Gasteiger partial charge on any atom is 0.225 e. The van der Waals surface area contributed by atoms with Gasteiger partial charge in [-0.2, -0.15) is 0 Å². The molecule has 0 aliphatic carbocycles. The van der Waals surface area contributed by atoms with Crippen LogP contribution in [-0.2, 0) is 0 Å². The van der Waals surface area contributed by atoms with Gasteiger partial charge in [0.15, 0.2) is 0 Å². The molecule has 1 aliphatic heterocycles. The van der Waals surface area contributed by atoms with Gasteiger partial charge in [-0.05, 0) is 13.0 Å². The monoisotopic (exact) mass is 332 g/mol. The highest BCUT2D eigenvalue weighted by Crippen LogP contribution is 2.22. The summed E-state index contributed by atoms with van der Waals surface area (Å²) in [5.74, 6) is 1.76. The van der Waals surface area contributed by atoms with E-state index in [-0.39, 0.29) is 0 Å². The first kappa shape index (κ1) is 15.5. The molecule has 6 nitrogen and oxygen atoms in total. The minimum absolute atomic E-state index is 0.796. The third-order valence-electron chi connectivity index (χ3n) is 4.40. The number of rotatable bonds is 3. The van der Waals surface area contributed by atoms with Crippen molar-refractivity contribution in [2.45, 2.75) is 6.92 Å². The van der Waals surface area contributed by atoms with E-state index in [4.69, 9.17) is 4.98 Å². The Morgan fingerprint density at radius 2 is 1.48 bits per heavy atom. The van der Waals surface area contributed by atoms with Crippen molar-refractivity contribution in [2.24, 2.45) is 0 Å². The topological polar surface area (TPSA) is 58.0 Å². The largest absolute Gasteiger partial charge is 0.352 e. The number of hydrogen-bond acceptors (Lipinski definition) is 6. The summed E-state index contributed by atoms with van der Waals surface area (Å²) in [4.78, 5) is 22.6. The molecular formula is C19H20N6. The highest BCUT2D eigenvalue weighted by atomic mass is 15.3. The molecule has 0 spiro atoms. The predicted molar refractivity (Wildman–Crippen MR) is 98.7 cm³/mol. The summed E-state index contributed by atoms with van der Waals surface area (Å²) in [6.07, 6.45) is 5.43. The Balaban J connectivity index is 1.48. The molecule has 0 unspecified atom stereocenters. The van der Waals surface area contributed by atoms with Gasteiger partial charge in [-0.1, -0.05) is 30.3 Å². The Hall–Kier alpha value is -3.02. The first-order valence-corrected chi connectivity index (χ1v) is 8.47. The lowest BCUT2D eigenvalue weighted by atomic mass is 10.1. The first-order chi connectivity index (χ1) is 12.3. The molecule has 0 saturated carbocycles. The van der Waals surface area contributed by atoms with Crippen LogP contribution in [0.3, 0.4) is 0 Å². The molecule has 1 aromatic carbocycles. The molecule has 3 aromatic rings. The lowest BCUT2D eigenvalue weighted by Crippen LogP contribution is -2.47. The Labute approximate surface area is 147 Å². The van der Waals surface area contributed by atoms with E-state index in [0.717, 1.165) is 54.9 Å². The number of aryl methyl sites for hydroxylation is 1. The molecule has 0 N–H and O–H groups in total. The second kappa shape index (κ2) is 6.84. The molecule has 1 saturated heterocycles. The number of anilines is 2. The number of hydrogen-bond donors (Lipinski definition) is 0. The summed E-state index contributed by atoms with van der Waals surface area (Å²) in [6, 6.07) is 12.0. The molecule has 3 heterocycles. The number of piperazine rings is 1. The quantitative estimate of drug-likeness (QED) is 0.735. The molecule has 0 radical (unpaired) electrons. The third kappa shape index (κ3) is 3.28. The molecule has 0 amide bonds. The lowest BCUT2D eigenvalue weighted by molar-refractivity contribution is 0.632. The van der Waals surface area contributed by atoms with Gasteiger partial charge in [-0.25, -0.2) is 19.9 Å². The normalized spacial score (nSPS) is 14.6. The maximum atomic E-state index is 4.75. The molecule has 0 bridgehead atoms. The van der Waals surface area contributed by atoms with Gasteiger partial charge in [-0.15, -0.1) is 0 Å². The summed E-state index contributed by atoms with van der Waals surface area (Å²) in [6.45, 7) is 5.56. The van der Waals surface area contributed by atoms with Crippen molar-refractivity contribution >= 4 is 11.8 Å². The zero-order valence-electron chi connectivity index (χ0n) is 14.2. The van der Waals surface area contributed by atoms with Crippen molar-refractivity contribution < 1.29 is 0 Å². The summed E-state index contributed by atoms with van der Waals surface area (Å²) in [7, 11) is 0. The van der Waals surface area contributed by atoms with Gasteiger partial charge in [0.2, 0.25) is 5.95 Å². The smallest absolute Gasteiger partial charge is 0.225 e. The summed E-state index contributed by atoms with van der Waals surface area (Å²) >= 11 is 0. The highest BCUT2D eigenvalue weighted by Gasteiger charge is 2.21. The van der Waals surface area contributed by atoms with Crippen LogP contribution in [0.2, 0.25) is 0 Å². The molecular weight excluding hydrogens is 312 g/mol. The fourth-order valence-electron chi connectivity index (χ4n) is 3.11. The second-order valence-electron chi connectivity index (χ2n) is 6.05. The Bertz CT molecular complexity index is 829. The first-order valence-electron chi connectivity index (χ1n) is 8.47. The Morgan fingerprint density at radius 1 is 0.800 bits per heavy atom. The van der Waals surface area contributed by atoms with Crippen molar-refractivity contribution in [1.82, 2.24) is 19.9 Å². The number of benzene rings is 1. The molecule has 126 valence electrons. The zero-order valence-corrected chi connectivity index (χ0v) is 14.2. The van der Waals surface area contributed by atoms with E-state index >= 15 is 0 Å². The fourth-order valence-corrected chi connectivity index (χ4v) is 3.11. The van der Waals surface area contributed by atoms with Crippen molar-refractivity contribution in [3.05, 3.63) is 60.7 Å². The van der Waals surface area contributed by atoms with Crippen molar-refractivity contribution in [2.75, 3.05) is 36.0 Å². The van der Waals surface area contributed by atoms with Crippen molar-refractivity contribution in [3.8, 4) is 11.3 Å². The summed E-state index contributed by atoms with van der Waals surface area (Å²) in [5.41, 5.74) is 2.97. The van der Waals surface area contributed by atoms with E-state index in [1.165, 1.54) is 0 Å². The van der Waals surface area contributed by atoms with Gasteiger partial charge in [-0.3, -0.25) is 0 Å². The van der Waals surface area contributed by atoms with Crippen LogP contribution >= 0.6 is 0 Å². The van der Waals surface area contributed by atoms with Crippen LogP contribution in [0, 0.1) is 6.92 Å². The van der Waals surface area contributed by atoms with Crippen LogP contribution < -0.4 is 9.80 Å². The van der Waals surface area contributed by atoms with Gasteiger partial charge >= 0.3 is 0 Å². The van der Waals surface area contributed by atoms with Gasteiger partial charge in [0.1, 0.15) is 5.82 Å². The molecule has 4 rings (SSSR count). The Kier molecular flexibility index (Phi) is 4.24. The molecule has 1 fully saturated rings. The van der Waals surface area contributed by atoms with E-state index in [0.29, 0.717) is 0 Å².